The molecule has 0 aliphatic carbocycles. The van der Waals surface area contributed by atoms with Crippen molar-refractivity contribution in [3.05, 3.63) is 84.0 Å². The highest BCUT2D eigenvalue weighted by Gasteiger charge is 2.53. The fraction of sp³-hybridized carbons (Fsp3) is 0.273. The molecule has 2 aliphatic rings. The number of aromatic amines is 1. The number of benzene rings is 2. The molecule has 1 saturated heterocycles. The van der Waals surface area contributed by atoms with Gasteiger partial charge in [-0.1, -0.05) is 6.08 Å². The number of nitrogens with one attached hydrogen (secondary N) is 2. The number of carbonyl (C=O) groups excluding carboxylic acids is 2. The highest BCUT2D eigenvalue weighted by Crippen LogP contribution is 2.34. The van der Waals surface area contributed by atoms with Gasteiger partial charge in [0.15, 0.2) is 20.4 Å². The summed E-state index contributed by atoms with van der Waals surface area (Å²) in [4.78, 5) is 44.5. The van der Waals surface area contributed by atoms with Gasteiger partial charge in [0.05, 0.1) is 22.6 Å². The summed E-state index contributed by atoms with van der Waals surface area (Å²) in [5.74, 6) is -0.534. The number of halogens is 1. The second-order valence-electron chi connectivity index (χ2n) is 11.9. The molecular formula is C33H31FN8O4S2. The van der Waals surface area contributed by atoms with Gasteiger partial charge < -0.3 is 10.2 Å². The van der Waals surface area contributed by atoms with Crippen molar-refractivity contribution in [1.82, 2.24) is 34.9 Å². The molecule has 5 aromatic rings. The van der Waals surface area contributed by atoms with Crippen LogP contribution >= 0.6 is 11.3 Å². The third kappa shape index (κ3) is 6.11. The van der Waals surface area contributed by atoms with E-state index in [0.29, 0.717) is 53.2 Å². The zero-order valence-corrected chi connectivity index (χ0v) is 27.5. The van der Waals surface area contributed by atoms with E-state index in [1.54, 1.807) is 64.8 Å². The monoisotopic (exact) mass is 686 g/mol. The van der Waals surface area contributed by atoms with Gasteiger partial charge in [-0.05, 0) is 66.9 Å². The van der Waals surface area contributed by atoms with Gasteiger partial charge in [-0.15, -0.1) is 11.3 Å². The Morgan fingerprint density at radius 1 is 1.08 bits per heavy atom. The first-order valence-electron chi connectivity index (χ1n) is 15.3. The van der Waals surface area contributed by atoms with Gasteiger partial charge in [0.1, 0.15) is 10.8 Å². The number of amides is 2. The molecule has 0 saturated carbocycles. The first-order chi connectivity index (χ1) is 23.1. The second-order valence-corrected chi connectivity index (χ2v) is 15.3. The molecule has 5 heterocycles. The highest BCUT2D eigenvalue weighted by molar-refractivity contribution is 7.93. The number of nitrogens with zero attached hydrogens (tertiary/aromatic N) is 6. The molecule has 2 amide bonds. The van der Waals surface area contributed by atoms with Crippen molar-refractivity contribution in [3.8, 4) is 22.0 Å². The number of H-pyrrole nitrogens is 1. The standard InChI is InChI=1S/C33H31FN8O4S2/c1-48(45,46)33(32(44)38-24-7-8-26-25(17-24)29(40-39-26)21-3-5-23(34)6-4-21)11-16-41(20-33)19-28(43)42-14-9-22(10-15-42)31-37-18-27(47-31)30-35-12-2-13-36-30/h2-9,12-13,17-18H,10-11,14-16,19-20H2,1H3,(H,38,44)(H,39,40)/t33-/m0/s1. The fourth-order valence-electron chi connectivity index (χ4n) is 6.15. The molecule has 2 aliphatic heterocycles. The van der Waals surface area contributed by atoms with Crippen molar-refractivity contribution in [2.24, 2.45) is 0 Å². The SMILES string of the molecule is CS(=O)(=O)[C@@]1(C(=O)Nc2ccc3[nH]nc(-c4ccc(F)cc4)c3c2)CCN(CC(=O)N2CC=C(c3ncc(-c4ncccn4)s3)CC2)C1. The summed E-state index contributed by atoms with van der Waals surface area (Å²) in [7, 11) is -3.88. The third-order valence-corrected chi connectivity index (χ3v) is 11.9. The minimum Gasteiger partial charge on any atom is -0.338 e. The van der Waals surface area contributed by atoms with Crippen molar-refractivity contribution < 1.29 is 22.4 Å². The molecule has 12 nitrogen and oxygen atoms in total. The van der Waals surface area contributed by atoms with Crippen LogP contribution in [0.25, 0.3) is 38.4 Å². The molecule has 15 heteroatoms. The van der Waals surface area contributed by atoms with E-state index >= 15 is 0 Å². The van der Waals surface area contributed by atoms with Gasteiger partial charge in [-0.3, -0.25) is 19.6 Å². The number of hydrogen-bond acceptors (Lipinski definition) is 10. The lowest BCUT2D eigenvalue weighted by Crippen LogP contribution is -2.52. The summed E-state index contributed by atoms with van der Waals surface area (Å²) in [5.41, 5.74) is 3.41. The molecule has 0 radical (unpaired) electrons. The van der Waals surface area contributed by atoms with Gasteiger partial charge in [0, 0.05) is 67.7 Å². The molecule has 2 aromatic carbocycles. The molecule has 0 spiro atoms. The smallest absolute Gasteiger partial charge is 0.247 e. The maximum absolute atomic E-state index is 13.7. The number of thiazole rings is 1. The molecule has 7 rings (SSSR count). The minimum atomic E-state index is -3.88. The van der Waals surface area contributed by atoms with Gasteiger partial charge in [-0.2, -0.15) is 5.10 Å². The van der Waals surface area contributed by atoms with Crippen LogP contribution in [0.5, 0.6) is 0 Å². The molecule has 2 N–H and O–H groups in total. The number of fused-ring (bicyclic) bond motifs is 1. The predicted octanol–water partition coefficient (Wildman–Crippen LogP) is 4.03. The van der Waals surface area contributed by atoms with Gasteiger partial charge in [0.25, 0.3) is 0 Å². The molecule has 3 aromatic heterocycles. The van der Waals surface area contributed by atoms with E-state index in [9.17, 15) is 22.4 Å². The first kappa shape index (κ1) is 31.7. The highest BCUT2D eigenvalue weighted by atomic mass is 32.2. The van der Waals surface area contributed by atoms with Gasteiger partial charge in [-0.25, -0.2) is 27.8 Å². The number of aromatic nitrogens is 5. The Morgan fingerprint density at radius 3 is 2.60 bits per heavy atom. The van der Waals surface area contributed by atoms with Crippen LogP contribution in [-0.4, -0.2) is 98.9 Å². The first-order valence-corrected chi connectivity index (χ1v) is 18.0. The lowest BCUT2D eigenvalue weighted by Gasteiger charge is -2.29. The Labute approximate surface area is 279 Å². The van der Waals surface area contributed by atoms with Crippen molar-refractivity contribution >= 4 is 55.2 Å². The lowest BCUT2D eigenvalue weighted by molar-refractivity contribution is -0.132. The van der Waals surface area contributed by atoms with E-state index in [-0.39, 0.29) is 37.8 Å². The summed E-state index contributed by atoms with van der Waals surface area (Å²) in [6.45, 7) is 1.09. The van der Waals surface area contributed by atoms with Crippen LogP contribution in [0.3, 0.4) is 0 Å². The normalized spacial score (nSPS) is 18.6. The summed E-state index contributed by atoms with van der Waals surface area (Å²) in [5, 5.41) is 11.6. The maximum Gasteiger partial charge on any atom is 0.247 e. The van der Waals surface area contributed by atoms with E-state index in [2.05, 4.69) is 30.5 Å². The zero-order valence-electron chi connectivity index (χ0n) is 25.9. The van der Waals surface area contributed by atoms with Gasteiger partial charge >= 0.3 is 0 Å². The zero-order chi connectivity index (χ0) is 33.5. The van der Waals surface area contributed by atoms with Crippen LogP contribution in [0.15, 0.2) is 73.2 Å². The van der Waals surface area contributed by atoms with E-state index in [0.717, 1.165) is 21.7 Å². The quantitative estimate of drug-likeness (QED) is 0.246. The van der Waals surface area contributed by atoms with Crippen LogP contribution in [0, 0.1) is 5.82 Å². The average Bonchev–Trinajstić information content (AvgIpc) is 3.85. The predicted molar refractivity (Wildman–Crippen MR) is 181 cm³/mol. The topological polar surface area (TPSA) is 154 Å². The number of carbonyl (C=O) groups is 2. The Kier molecular flexibility index (Phi) is 8.35. The van der Waals surface area contributed by atoms with Crippen LogP contribution in [0.1, 0.15) is 17.8 Å². The van der Waals surface area contributed by atoms with E-state index < -0.39 is 20.5 Å². The minimum absolute atomic E-state index is 0.00246. The number of sulfone groups is 1. The molecule has 1 fully saturated rings. The van der Waals surface area contributed by atoms with Gasteiger partial charge in [0.2, 0.25) is 11.8 Å². The lowest BCUT2D eigenvalue weighted by atomic mass is 10.1. The number of rotatable bonds is 8. The summed E-state index contributed by atoms with van der Waals surface area (Å²) < 4.78 is 38.1. The van der Waals surface area contributed by atoms with Crippen molar-refractivity contribution in [1.29, 1.82) is 0 Å². The Hall–Kier alpha value is -4.86. The molecule has 246 valence electrons. The second kappa shape index (κ2) is 12.6. The summed E-state index contributed by atoms with van der Waals surface area (Å²) in [6, 6.07) is 12.8. The van der Waals surface area contributed by atoms with Crippen LogP contribution in [0.4, 0.5) is 10.1 Å². The molecule has 48 heavy (non-hydrogen) atoms. The molecule has 0 bridgehead atoms. The van der Waals surface area contributed by atoms with Crippen LogP contribution < -0.4 is 5.32 Å². The number of hydrogen-bond donors (Lipinski definition) is 2. The Balaban J connectivity index is 1.01. The molecule has 1 atom stereocenters. The van der Waals surface area contributed by atoms with Crippen molar-refractivity contribution in [2.45, 2.75) is 17.6 Å². The molecular weight excluding hydrogens is 656 g/mol. The number of anilines is 1. The van der Waals surface area contributed by atoms with E-state index in [1.807, 2.05) is 6.08 Å². The molecule has 0 unspecified atom stereocenters. The summed E-state index contributed by atoms with van der Waals surface area (Å²) >= 11 is 1.51. The number of likely N-dealkylation sites (tertiary alicyclic amines) is 1. The van der Waals surface area contributed by atoms with Crippen LogP contribution in [0.2, 0.25) is 0 Å². The summed E-state index contributed by atoms with van der Waals surface area (Å²) in [6.07, 6.45) is 8.88. The Bertz CT molecular complexity index is 2150. The average molecular weight is 687 g/mol. The van der Waals surface area contributed by atoms with Crippen LogP contribution in [-0.2, 0) is 19.4 Å². The van der Waals surface area contributed by atoms with Crippen molar-refractivity contribution in [2.75, 3.05) is 44.3 Å². The van der Waals surface area contributed by atoms with E-state index in [4.69, 9.17) is 0 Å². The maximum atomic E-state index is 13.7. The van der Waals surface area contributed by atoms with E-state index in [1.165, 1.54) is 23.5 Å². The largest absolute Gasteiger partial charge is 0.338 e. The van der Waals surface area contributed by atoms with Crippen molar-refractivity contribution in [3.63, 3.8) is 0 Å². The Morgan fingerprint density at radius 2 is 1.88 bits per heavy atom. The fourth-order valence-corrected chi connectivity index (χ4v) is 8.35. The third-order valence-electron chi connectivity index (χ3n) is 8.86.